The second-order valence-electron chi connectivity index (χ2n) is 43.3. The fraction of sp³-hybridized carbons (Fsp3) is 0.938. The molecule has 2 saturated heterocycles. The zero-order valence-electron chi connectivity index (χ0n) is 89.8. The van der Waals surface area contributed by atoms with Crippen LogP contribution in [0.5, 0.6) is 0 Å². The number of phosphoric acid groups is 1. The third-order valence-electron chi connectivity index (χ3n) is 30.7. The molecule has 4 fully saturated rings. The quantitative estimate of drug-likeness (QED) is 0.0121. The maximum Gasteiger partial charge on any atom is 0.374 e. The van der Waals surface area contributed by atoms with Gasteiger partial charge in [0.25, 0.3) is 0 Å². The lowest BCUT2D eigenvalue weighted by Crippen LogP contribution is -2.64. The topological polar surface area (TPSA) is 371 Å². The highest BCUT2D eigenvalue weighted by molar-refractivity contribution is 7.51. The van der Waals surface area contributed by atoms with Crippen LogP contribution in [0.2, 0.25) is 0 Å². The molecule has 4 rings (SSSR count). The second-order valence-corrected chi connectivity index (χ2v) is 44.5. The van der Waals surface area contributed by atoms with Crippen LogP contribution < -0.4 is 15.5 Å². The Balaban J connectivity index is 1.88. The number of amides is 2. The number of ether oxygens (including phenoxy) is 8. The molecule has 4 aliphatic rings. The van der Waals surface area contributed by atoms with Gasteiger partial charge in [0.15, 0.2) is 18.3 Å². The lowest BCUT2D eigenvalue weighted by atomic mass is 9.92. The average Bonchev–Trinajstić information content (AvgIpc) is 1.52. The van der Waals surface area contributed by atoms with Crippen molar-refractivity contribution in [1.82, 2.24) is 10.6 Å². The first-order valence-electron chi connectivity index (χ1n) is 57.3. The standard InChI is InChI=1S/C112H207N2O23P/c1-15-22-29-36-43-45-46-48-55-62-68-75-88(13)108(123)132-91(84(9)71-64-57-50-39-32-25-18-4)78-96(117)113-111-102(122)105(111)131-95(100(121)103(111)135-98(119)77-90(116)83(8)70-63-56-49-38-31-24-17-3)82-129-106-107-112(106,114-97(118)79-92(85(10)72-65-58-51-40-33-26-19-5)133-109(124)87(12)74-67-60-53-42-35-28-21-7)104(101(94(81-115)130-107)137-138(126,127)128)136-99(120)80-93(86(11)73-66-59-52-41-34-27-20-6)134-110(125)89(14)76-69-61-54-47-44-37-30-23-16-2/h83-95,100-107,115-116,121-122H,15-82H2,1-14H3,(H,113,117)(H,114,118)(H2,126,127,128). The number of nitrogens with one attached hydrogen (secondary N) is 2. The van der Waals surface area contributed by atoms with Gasteiger partial charge in [-0.3, -0.25) is 33.6 Å². The molecule has 138 heavy (non-hydrogen) atoms. The summed E-state index contributed by atoms with van der Waals surface area (Å²) in [5.74, 6) is -7.83. The SMILES string of the molecule is CCCCCCCCCCCCCC(C)C(=O)OC(CC(=O)NC12C(O)C1OC(COC1C3OC(CO)C(O[P+]([O-])(O)O)C(OC(=O)CC(OC(=O)C(C)CCCCCCCCCCC)C(C)CCCCCCCCC)C13NC(=O)CC(OC(=O)C(C)CCCCCCCCC)C(C)CCCCCCCCC)C(O)C2OC(=O)CC(O)C(C)CCCCCCCCC)C(C)CCCCCCCCC. The van der Waals surface area contributed by atoms with Gasteiger partial charge in [-0.2, -0.15) is 14.3 Å². The van der Waals surface area contributed by atoms with Crippen molar-refractivity contribution < 1.29 is 111 Å². The number of esters is 5. The number of phosphoric ester groups is 1. The molecule has 2 saturated carbocycles. The molecule has 25 nitrogen and oxygen atoms in total. The van der Waals surface area contributed by atoms with Gasteiger partial charge in [-0.1, -0.05) is 450 Å². The number of fused-ring (bicyclic) bond motifs is 2. The van der Waals surface area contributed by atoms with Crippen LogP contribution in [0.15, 0.2) is 0 Å². The van der Waals surface area contributed by atoms with Crippen molar-refractivity contribution in [3.8, 4) is 0 Å². The van der Waals surface area contributed by atoms with E-state index in [2.05, 4.69) is 59.1 Å². The summed E-state index contributed by atoms with van der Waals surface area (Å²) in [6, 6.07) is 0. The summed E-state index contributed by atoms with van der Waals surface area (Å²) in [6.45, 7) is 26.8. The molecule has 0 spiro atoms. The van der Waals surface area contributed by atoms with Gasteiger partial charge in [-0.15, -0.1) is 0 Å². The van der Waals surface area contributed by atoms with Gasteiger partial charge < -0.3 is 73.8 Å². The van der Waals surface area contributed by atoms with Crippen molar-refractivity contribution in [2.75, 3.05) is 13.2 Å². The molecule has 0 aromatic heterocycles. The number of aliphatic hydroxyl groups excluding tert-OH is 4. The fourth-order valence-corrected chi connectivity index (χ4v) is 21.3. The van der Waals surface area contributed by atoms with Crippen molar-refractivity contribution >= 4 is 49.8 Å². The second kappa shape index (κ2) is 74.2. The largest absolute Gasteiger partial charge is 0.606 e. The summed E-state index contributed by atoms with van der Waals surface area (Å²) in [6.07, 6.45) is 39.5. The van der Waals surface area contributed by atoms with Gasteiger partial charge in [-0.05, 0) is 68.6 Å². The molecule has 2 amide bonds. The minimum absolute atomic E-state index is 0.296. The molecule has 2 aliphatic heterocycles. The van der Waals surface area contributed by atoms with E-state index < -0.39 is 203 Å². The minimum Gasteiger partial charge on any atom is -0.606 e. The number of carbonyl (C=O) groups excluding carboxylic acids is 7. The third kappa shape index (κ3) is 49.2. The number of hydrogen-bond donors (Lipinski definition) is 8. The van der Waals surface area contributed by atoms with Crippen molar-refractivity contribution in [1.29, 1.82) is 0 Å². The Hall–Kier alpha value is -3.72. The molecule has 0 bridgehead atoms. The molecule has 23 atom stereocenters. The summed E-state index contributed by atoms with van der Waals surface area (Å²) in [5.41, 5.74) is -4.23. The normalized spacial score (nSPS) is 23.6. The van der Waals surface area contributed by atoms with E-state index in [4.69, 9.17) is 42.4 Å². The van der Waals surface area contributed by atoms with Crippen LogP contribution in [0.3, 0.4) is 0 Å². The van der Waals surface area contributed by atoms with E-state index in [1.807, 2.05) is 48.5 Å². The van der Waals surface area contributed by atoms with E-state index in [9.17, 15) is 54.3 Å². The molecule has 8 N–H and O–H groups in total. The van der Waals surface area contributed by atoms with Gasteiger partial charge >= 0.3 is 38.0 Å². The lowest BCUT2D eigenvalue weighted by Gasteiger charge is -2.41. The summed E-state index contributed by atoms with van der Waals surface area (Å²) in [5, 5.41) is 54.8. The zero-order valence-corrected chi connectivity index (χ0v) is 90.7. The molecule has 2 heterocycles. The van der Waals surface area contributed by atoms with E-state index >= 15 is 14.4 Å². The van der Waals surface area contributed by atoms with Gasteiger partial charge in [0, 0.05) is 0 Å². The highest BCUT2D eigenvalue weighted by Crippen LogP contribution is 2.57. The molecule has 2 aliphatic carbocycles. The predicted octanol–water partition coefficient (Wildman–Crippen LogP) is 24.0. The van der Waals surface area contributed by atoms with E-state index in [-0.39, 0.29) is 24.2 Å². The van der Waals surface area contributed by atoms with Gasteiger partial charge in [-0.25, -0.2) is 0 Å². The molecule has 0 radical (unpaired) electrons. The molecule has 23 unspecified atom stereocenters. The van der Waals surface area contributed by atoms with Crippen molar-refractivity contribution in [3.63, 3.8) is 0 Å². The van der Waals surface area contributed by atoms with E-state index in [1.165, 1.54) is 70.6 Å². The summed E-state index contributed by atoms with van der Waals surface area (Å²) >= 11 is 0. The number of hydrogen-bond acceptors (Lipinski definition) is 23. The maximum absolute atomic E-state index is 15.8. The number of unbranched alkanes of at least 4 members (excludes halogenated alkanes) is 48. The monoisotopic (exact) mass is 1980 g/mol. The molecular weight excluding hydrogens is 1770 g/mol. The first kappa shape index (κ1) is 127. The Morgan fingerprint density at radius 3 is 0.942 bits per heavy atom. The van der Waals surface area contributed by atoms with Crippen LogP contribution in [-0.2, 0) is 76.0 Å². The Labute approximate surface area is 838 Å². The van der Waals surface area contributed by atoms with Gasteiger partial charge in [0.2, 0.25) is 11.8 Å². The van der Waals surface area contributed by atoms with Crippen LogP contribution in [0.1, 0.15) is 521 Å². The number of carbonyl (C=O) groups is 7. The molecular formula is C112H207N2O23P. The Bertz CT molecular complexity index is 3170. The molecule has 808 valence electrons. The van der Waals surface area contributed by atoms with Crippen LogP contribution >= 0.6 is 8.17 Å². The van der Waals surface area contributed by atoms with Crippen LogP contribution in [-0.4, -0.2) is 182 Å². The van der Waals surface area contributed by atoms with E-state index in [0.29, 0.717) is 44.9 Å². The van der Waals surface area contributed by atoms with Crippen molar-refractivity contribution in [2.24, 2.45) is 41.4 Å². The van der Waals surface area contributed by atoms with Crippen molar-refractivity contribution in [3.05, 3.63) is 0 Å². The smallest absolute Gasteiger partial charge is 0.374 e. The summed E-state index contributed by atoms with van der Waals surface area (Å²) in [4.78, 5) is 140. The Morgan fingerprint density at radius 1 is 0.348 bits per heavy atom. The van der Waals surface area contributed by atoms with Crippen LogP contribution in [0, 0.1) is 41.4 Å². The Kier molecular flexibility index (Phi) is 68.1. The summed E-state index contributed by atoms with van der Waals surface area (Å²) in [7, 11) is -5.69. The average molecular weight is 1980 g/mol. The van der Waals surface area contributed by atoms with Crippen molar-refractivity contribution in [2.45, 2.75) is 617 Å². The van der Waals surface area contributed by atoms with Crippen LogP contribution in [0.25, 0.3) is 0 Å². The molecule has 0 aromatic carbocycles. The first-order chi connectivity index (χ1) is 66.4. The third-order valence-corrected chi connectivity index (χ3v) is 31.2. The number of aliphatic hydroxyl groups is 4. The Morgan fingerprint density at radius 2 is 0.623 bits per heavy atom. The van der Waals surface area contributed by atoms with E-state index in [0.717, 1.165) is 283 Å². The maximum atomic E-state index is 15.8. The van der Waals surface area contributed by atoms with Crippen LogP contribution in [0.4, 0.5) is 0 Å². The molecule has 26 heteroatoms. The fourth-order valence-electron chi connectivity index (χ4n) is 20.8. The number of rotatable bonds is 90. The minimum atomic E-state index is -5.69. The lowest BCUT2D eigenvalue weighted by molar-refractivity contribution is -0.259. The highest BCUT2D eigenvalue weighted by Gasteiger charge is 2.81. The van der Waals surface area contributed by atoms with E-state index in [1.54, 1.807) is 0 Å². The van der Waals surface area contributed by atoms with Gasteiger partial charge in [0.1, 0.15) is 72.1 Å². The zero-order chi connectivity index (χ0) is 102. The highest BCUT2D eigenvalue weighted by atomic mass is 31.2. The molecule has 0 aromatic rings. The summed E-state index contributed by atoms with van der Waals surface area (Å²) < 4.78 is 58.0. The van der Waals surface area contributed by atoms with Gasteiger partial charge in [0.05, 0.1) is 62.8 Å². The predicted molar refractivity (Wildman–Crippen MR) is 548 cm³/mol. The first-order valence-corrected chi connectivity index (χ1v) is 58.9.